The molecule has 2 aromatic rings. The van der Waals surface area contributed by atoms with Gasteiger partial charge < -0.3 is 20.2 Å². The fraction of sp³-hybridized carbons (Fsp3) is 0.571. The zero-order valence-electron chi connectivity index (χ0n) is 21.5. The van der Waals surface area contributed by atoms with E-state index in [0.717, 1.165) is 12.1 Å². The van der Waals surface area contributed by atoms with Crippen LogP contribution in [0.5, 0.6) is 0 Å². The van der Waals surface area contributed by atoms with Crippen LogP contribution in [-0.4, -0.2) is 69.7 Å². The maximum absolute atomic E-state index is 12.8. The third kappa shape index (κ3) is 6.21. The van der Waals surface area contributed by atoms with Gasteiger partial charge in [0.15, 0.2) is 0 Å². The van der Waals surface area contributed by atoms with E-state index < -0.39 is 5.60 Å². The average molecular weight is 508 g/mol. The molecule has 1 aliphatic carbocycles. The molecular formula is C28H37N5O4. The molecule has 1 aromatic heterocycles. The van der Waals surface area contributed by atoms with E-state index in [1.165, 1.54) is 29.8 Å². The predicted molar refractivity (Wildman–Crippen MR) is 140 cm³/mol. The lowest BCUT2D eigenvalue weighted by atomic mass is 9.90. The number of aromatic nitrogens is 2. The first-order valence-electron chi connectivity index (χ1n) is 13.4. The summed E-state index contributed by atoms with van der Waals surface area (Å²) in [6.45, 7) is 5.03. The van der Waals surface area contributed by atoms with Crippen LogP contribution in [0.3, 0.4) is 0 Å². The smallest absolute Gasteiger partial charge is 0.255 e. The maximum Gasteiger partial charge on any atom is 0.255 e. The highest BCUT2D eigenvalue weighted by atomic mass is 16.3. The Labute approximate surface area is 217 Å². The van der Waals surface area contributed by atoms with Crippen LogP contribution in [0.15, 0.2) is 47.5 Å². The van der Waals surface area contributed by atoms with Crippen molar-refractivity contribution in [3.8, 4) is 0 Å². The fourth-order valence-corrected chi connectivity index (χ4v) is 5.19. The Bertz CT molecular complexity index is 1160. The van der Waals surface area contributed by atoms with Gasteiger partial charge in [-0.25, -0.2) is 4.98 Å². The largest absolute Gasteiger partial charge is 0.388 e. The number of hydrogen-bond donors (Lipinski definition) is 2. The van der Waals surface area contributed by atoms with Crippen molar-refractivity contribution in [1.29, 1.82) is 0 Å². The van der Waals surface area contributed by atoms with Crippen LogP contribution in [0.2, 0.25) is 0 Å². The van der Waals surface area contributed by atoms with Crippen molar-refractivity contribution in [3.05, 3.63) is 58.6 Å². The number of aliphatic hydroxyl groups is 1. The molecule has 9 heteroatoms. The molecule has 0 spiro atoms. The Hall–Kier alpha value is -3.20. The monoisotopic (exact) mass is 507 g/mol. The van der Waals surface area contributed by atoms with Gasteiger partial charge in [-0.3, -0.25) is 19.0 Å². The van der Waals surface area contributed by atoms with E-state index in [1.54, 1.807) is 0 Å². The van der Waals surface area contributed by atoms with Crippen molar-refractivity contribution in [2.24, 2.45) is 11.8 Å². The summed E-state index contributed by atoms with van der Waals surface area (Å²) in [5, 5.41) is 14.2. The molecule has 2 N–H and O–H groups in total. The molecule has 3 aliphatic rings. The summed E-state index contributed by atoms with van der Waals surface area (Å²) in [5.74, 6) is 1.46. The fourth-order valence-electron chi connectivity index (χ4n) is 5.19. The Morgan fingerprint density at radius 1 is 1.16 bits per heavy atom. The molecule has 198 valence electrons. The van der Waals surface area contributed by atoms with Crippen LogP contribution in [0.4, 0.5) is 5.82 Å². The van der Waals surface area contributed by atoms with Crippen molar-refractivity contribution in [3.63, 3.8) is 0 Å². The topological polar surface area (TPSA) is 108 Å². The van der Waals surface area contributed by atoms with Crippen molar-refractivity contribution in [2.45, 2.75) is 57.1 Å². The number of piperidine rings is 1. The minimum absolute atomic E-state index is 0.0627. The highest BCUT2D eigenvalue weighted by Gasteiger charge is 2.36. The number of likely N-dealkylation sites (tertiary alicyclic amines) is 1. The molecule has 9 nitrogen and oxygen atoms in total. The second-order valence-corrected chi connectivity index (χ2v) is 11.1. The highest BCUT2D eigenvalue weighted by Crippen LogP contribution is 2.29. The minimum Gasteiger partial charge on any atom is -0.388 e. The van der Waals surface area contributed by atoms with E-state index in [1.807, 2.05) is 40.1 Å². The van der Waals surface area contributed by atoms with E-state index in [0.29, 0.717) is 57.2 Å². The van der Waals surface area contributed by atoms with Crippen LogP contribution in [-0.2, 0) is 16.1 Å². The number of benzene rings is 1. The summed E-state index contributed by atoms with van der Waals surface area (Å²) in [6, 6.07) is 11.5. The molecule has 2 aliphatic heterocycles. The van der Waals surface area contributed by atoms with E-state index >= 15 is 0 Å². The SMILES string of the molecule is CC(CC(=O)N1CCC(O)(Cn2cnc(N3CC(C(=O)NCC4CC4)C3)cc2=O)CC1)c1ccccc1. The molecule has 0 bridgehead atoms. The zero-order valence-corrected chi connectivity index (χ0v) is 21.5. The molecule has 3 fully saturated rings. The number of nitrogens with one attached hydrogen (secondary N) is 1. The summed E-state index contributed by atoms with van der Waals surface area (Å²) < 4.78 is 1.44. The molecule has 2 amide bonds. The molecule has 1 unspecified atom stereocenters. The number of nitrogens with zero attached hydrogens (tertiary/aromatic N) is 4. The van der Waals surface area contributed by atoms with Gasteiger partial charge in [-0.1, -0.05) is 37.3 Å². The average Bonchev–Trinajstić information content (AvgIpc) is 3.69. The molecule has 2 saturated heterocycles. The van der Waals surface area contributed by atoms with Crippen LogP contribution in [0, 0.1) is 11.8 Å². The lowest BCUT2D eigenvalue weighted by molar-refractivity contribution is -0.136. The third-order valence-corrected chi connectivity index (χ3v) is 8.06. The number of carbonyl (C=O) groups excluding carboxylic acids is 2. The zero-order chi connectivity index (χ0) is 26.0. The van der Waals surface area contributed by atoms with E-state index in [9.17, 15) is 19.5 Å². The van der Waals surface area contributed by atoms with Gasteiger partial charge in [-0.15, -0.1) is 0 Å². The lowest BCUT2D eigenvalue weighted by Gasteiger charge is -2.40. The molecule has 1 aromatic carbocycles. The second-order valence-electron chi connectivity index (χ2n) is 11.1. The molecule has 37 heavy (non-hydrogen) atoms. The first kappa shape index (κ1) is 25.4. The van der Waals surface area contributed by atoms with Gasteiger partial charge in [-0.05, 0) is 43.1 Å². The van der Waals surface area contributed by atoms with Crippen LogP contribution >= 0.6 is 0 Å². The lowest BCUT2D eigenvalue weighted by Crippen LogP contribution is -2.54. The second kappa shape index (κ2) is 10.7. The number of hydrogen-bond acceptors (Lipinski definition) is 6. The molecule has 1 atom stereocenters. The highest BCUT2D eigenvalue weighted by molar-refractivity contribution is 5.81. The Kier molecular flexibility index (Phi) is 7.33. The summed E-state index contributed by atoms with van der Waals surface area (Å²) >= 11 is 0. The van der Waals surface area contributed by atoms with Gasteiger partial charge in [0.05, 0.1) is 24.4 Å². The van der Waals surface area contributed by atoms with Crippen LogP contribution in [0.1, 0.15) is 50.5 Å². The summed E-state index contributed by atoms with van der Waals surface area (Å²) in [6.07, 6.45) is 5.16. The number of anilines is 1. The molecule has 3 heterocycles. The Balaban J connectivity index is 1.09. The van der Waals surface area contributed by atoms with E-state index in [2.05, 4.69) is 17.2 Å². The predicted octanol–water partition coefficient (Wildman–Crippen LogP) is 1.75. The van der Waals surface area contributed by atoms with Crippen molar-refractivity contribution < 1.29 is 14.7 Å². The van der Waals surface area contributed by atoms with Gasteiger partial charge >= 0.3 is 0 Å². The minimum atomic E-state index is -1.06. The first-order valence-corrected chi connectivity index (χ1v) is 13.4. The first-order chi connectivity index (χ1) is 17.8. The number of rotatable bonds is 9. The summed E-state index contributed by atoms with van der Waals surface area (Å²) in [7, 11) is 0. The summed E-state index contributed by atoms with van der Waals surface area (Å²) in [5.41, 5.74) is -0.142. The van der Waals surface area contributed by atoms with Gasteiger partial charge in [0.25, 0.3) is 5.56 Å². The normalized spacial score (nSPS) is 20.3. The van der Waals surface area contributed by atoms with Gasteiger partial charge in [0.1, 0.15) is 5.82 Å². The van der Waals surface area contributed by atoms with E-state index in [4.69, 9.17) is 0 Å². The number of carbonyl (C=O) groups is 2. The Morgan fingerprint density at radius 2 is 1.86 bits per heavy atom. The quantitative estimate of drug-likeness (QED) is 0.536. The molecule has 0 radical (unpaired) electrons. The van der Waals surface area contributed by atoms with Crippen molar-refractivity contribution in [1.82, 2.24) is 19.8 Å². The van der Waals surface area contributed by atoms with Crippen molar-refractivity contribution in [2.75, 3.05) is 37.6 Å². The Morgan fingerprint density at radius 3 is 2.51 bits per heavy atom. The van der Waals surface area contributed by atoms with Gasteiger partial charge in [-0.2, -0.15) is 0 Å². The molecule has 5 rings (SSSR count). The number of amides is 2. The van der Waals surface area contributed by atoms with Crippen LogP contribution < -0.4 is 15.8 Å². The molecular weight excluding hydrogens is 470 g/mol. The van der Waals surface area contributed by atoms with Crippen molar-refractivity contribution >= 4 is 17.6 Å². The summed E-state index contributed by atoms with van der Waals surface area (Å²) in [4.78, 5) is 46.0. The maximum atomic E-state index is 12.8. The van der Waals surface area contributed by atoms with E-state index in [-0.39, 0.29) is 35.8 Å². The van der Waals surface area contributed by atoms with Gasteiger partial charge in [0, 0.05) is 45.2 Å². The molecule has 1 saturated carbocycles. The van der Waals surface area contributed by atoms with Gasteiger partial charge in [0.2, 0.25) is 11.8 Å². The standard InChI is InChI=1S/C28H37N5O4/c1-20(22-5-3-2-4-6-22)13-25(34)31-11-9-28(37,10-12-31)18-33-19-30-24(14-26(33)35)32-16-23(17-32)27(36)29-15-21-7-8-21/h2-6,14,19-21,23,37H,7-13,15-18H2,1H3,(H,29,36). The van der Waals surface area contributed by atoms with Crippen LogP contribution in [0.25, 0.3) is 0 Å². The third-order valence-electron chi connectivity index (χ3n) is 8.06.